The van der Waals surface area contributed by atoms with Crippen LogP contribution in [-0.2, 0) is 4.79 Å². The summed E-state index contributed by atoms with van der Waals surface area (Å²) in [5.41, 5.74) is 0. The van der Waals surface area contributed by atoms with E-state index < -0.39 is 0 Å². The fraction of sp³-hybridized carbons (Fsp3) is 0.500. The van der Waals surface area contributed by atoms with Crippen molar-refractivity contribution in [1.29, 1.82) is 0 Å². The highest BCUT2D eigenvalue weighted by Crippen LogP contribution is 2.26. The third-order valence-electron chi connectivity index (χ3n) is 2.83. The molecule has 3 nitrogen and oxygen atoms in total. The van der Waals surface area contributed by atoms with Gasteiger partial charge in [0.1, 0.15) is 0 Å². The third-order valence-corrected chi connectivity index (χ3v) is 4.18. The normalized spacial score (nSPS) is 16.8. The van der Waals surface area contributed by atoms with E-state index in [1.165, 1.54) is 11.5 Å². The highest BCUT2D eigenvalue weighted by molar-refractivity contribution is 7.99. The van der Waals surface area contributed by atoms with E-state index in [0.717, 1.165) is 12.8 Å². The van der Waals surface area contributed by atoms with Crippen molar-refractivity contribution in [2.75, 3.05) is 16.8 Å². The van der Waals surface area contributed by atoms with Crippen LogP contribution in [0.3, 0.4) is 0 Å². The SMILES string of the molecule is O=C(CC1CCSCC1)Nc1ncccc1Cl. The molecule has 1 aromatic rings. The number of rotatable bonds is 3. The van der Waals surface area contributed by atoms with Crippen molar-refractivity contribution in [3.05, 3.63) is 23.4 Å². The van der Waals surface area contributed by atoms with Gasteiger partial charge in [0.05, 0.1) is 5.02 Å². The standard InChI is InChI=1S/C12H15ClN2OS/c13-10-2-1-5-14-12(10)15-11(16)8-9-3-6-17-7-4-9/h1-2,5,9H,3-4,6-8H2,(H,14,15,16). The van der Waals surface area contributed by atoms with Crippen LogP contribution in [0.1, 0.15) is 19.3 Å². The molecule has 0 aliphatic carbocycles. The van der Waals surface area contributed by atoms with Crippen LogP contribution < -0.4 is 5.32 Å². The molecule has 0 atom stereocenters. The van der Waals surface area contributed by atoms with Gasteiger partial charge in [-0.3, -0.25) is 4.79 Å². The maximum Gasteiger partial charge on any atom is 0.225 e. The van der Waals surface area contributed by atoms with Crippen molar-refractivity contribution in [3.8, 4) is 0 Å². The Morgan fingerprint density at radius 3 is 3.00 bits per heavy atom. The second-order valence-electron chi connectivity index (χ2n) is 4.14. The highest BCUT2D eigenvalue weighted by atomic mass is 35.5. The van der Waals surface area contributed by atoms with Crippen molar-refractivity contribution in [3.63, 3.8) is 0 Å². The average Bonchev–Trinajstić information content (AvgIpc) is 2.33. The number of pyridine rings is 1. The largest absolute Gasteiger partial charge is 0.309 e. The van der Waals surface area contributed by atoms with Gasteiger partial charge in [0.15, 0.2) is 5.82 Å². The molecule has 17 heavy (non-hydrogen) atoms. The Kier molecular flexibility index (Phi) is 4.68. The monoisotopic (exact) mass is 270 g/mol. The molecule has 0 saturated carbocycles. The van der Waals surface area contributed by atoms with Crippen molar-refractivity contribution in [2.45, 2.75) is 19.3 Å². The number of nitrogens with zero attached hydrogens (tertiary/aromatic N) is 1. The highest BCUT2D eigenvalue weighted by Gasteiger charge is 2.17. The summed E-state index contributed by atoms with van der Waals surface area (Å²) in [6.07, 6.45) is 4.47. The fourth-order valence-electron chi connectivity index (χ4n) is 1.87. The number of thioether (sulfide) groups is 1. The first kappa shape index (κ1) is 12.7. The van der Waals surface area contributed by atoms with Crippen molar-refractivity contribution in [2.24, 2.45) is 5.92 Å². The first-order valence-electron chi connectivity index (χ1n) is 5.74. The van der Waals surface area contributed by atoms with E-state index in [9.17, 15) is 4.79 Å². The molecule has 1 N–H and O–H groups in total. The molecule has 1 aliphatic heterocycles. The van der Waals surface area contributed by atoms with Crippen LogP contribution in [0.25, 0.3) is 0 Å². The van der Waals surface area contributed by atoms with Crippen LogP contribution in [0.4, 0.5) is 5.82 Å². The predicted octanol–water partition coefficient (Wildman–Crippen LogP) is 3.21. The van der Waals surface area contributed by atoms with Gasteiger partial charge >= 0.3 is 0 Å². The van der Waals surface area contributed by atoms with Gasteiger partial charge in [-0.15, -0.1) is 0 Å². The topological polar surface area (TPSA) is 42.0 Å². The molecule has 0 spiro atoms. The number of amides is 1. The van der Waals surface area contributed by atoms with Crippen molar-refractivity contribution < 1.29 is 4.79 Å². The van der Waals surface area contributed by atoms with E-state index in [4.69, 9.17) is 11.6 Å². The van der Waals surface area contributed by atoms with Gasteiger partial charge in [0.2, 0.25) is 5.91 Å². The number of carbonyl (C=O) groups excluding carboxylic acids is 1. The number of aromatic nitrogens is 1. The second kappa shape index (κ2) is 6.26. The zero-order valence-electron chi connectivity index (χ0n) is 9.49. The number of nitrogens with one attached hydrogen (secondary N) is 1. The molecule has 1 fully saturated rings. The van der Waals surface area contributed by atoms with Gasteiger partial charge in [-0.05, 0) is 42.4 Å². The molecule has 2 rings (SSSR count). The summed E-state index contributed by atoms with van der Waals surface area (Å²) in [7, 11) is 0. The molecule has 1 saturated heterocycles. The summed E-state index contributed by atoms with van der Waals surface area (Å²) in [6.45, 7) is 0. The average molecular weight is 271 g/mol. The molecule has 0 unspecified atom stereocenters. The van der Waals surface area contributed by atoms with Gasteiger partial charge in [0, 0.05) is 12.6 Å². The Balaban J connectivity index is 1.86. The smallest absolute Gasteiger partial charge is 0.225 e. The van der Waals surface area contributed by atoms with Crippen molar-refractivity contribution >= 4 is 35.1 Å². The Morgan fingerprint density at radius 2 is 2.29 bits per heavy atom. The van der Waals surface area contributed by atoms with Crippen LogP contribution in [-0.4, -0.2) is 22.4 Å². The molecular formula is C12H15ClN2OS. The molecule has 2 heterocycles. The number of halogens is 1. The molecule has 1 amide bonds. The van der Waals surface area contributed by atoms with Gasteiger partial charge in [-0.1, -0.05) is 11.6 Å². The molecule has 5 heteroatoms. The molecule has 1 aliphatic rings. The maximum atomic E-state index is 11.8. The first-order chi connectivity index (χ1) is 8.25. The third kappa shape index (κ3) is 3.89. The summed E-state index contributed by atoms with van der Waals surface area (Å²) in [5, 5.41) is 3.25. The zero-order chi connectivity index (χ0) is 12.1. The number of carbonyl (C=O) groups is 1. The van der Waals surface area contributed by atoms with Crippen LogP contribution in [0.5, 0.6) is 0 Å². The van der Waals surface area contributed by atoms with Gasteiger partial charge < -0.3 is 5.32 Å². The summed E-state index contributed by atoms with van der Waals surface area (Å²) in [5.74, 6) is 3.33. The molecule has 0 radical (unpaired) electrons. The van der Waals surface area contributed by atoms with E-state index in [1.807, 2.05) is 11.8 Å². The zero-order valence-corrected chi connectivity index (χ0v) is 11.1. The van der Waals surface area contributed by atoms with E-state index in [2.05, 4.69) is 10.3 Å². The van der Waals surface area contributed by atoms with E-state index >= 15 is 0 Å². The Bertz CT molecular complexity index is 394. The Hall–Kier alpha value is -0.740. The molecule has 92 valence electrons. The van der Waals surface area contributed by atoms with Crippen LogP contribution in [0.15, 0.2) is 18.3 Å². The molecule has 0 bridgehead atoms. The maximum absolute atomic E-state index is 11.8. The number of anilines is 1. The van der Waals surface area contributed by atoms with Crippen LogP contribution in [0.2, 0.25) is 5.02 Å². The first-order valence-corrected chi connectivity index (χ1v) is 7.27. The lowest BCUT2D eigenvalue weighted by Crippen LogP contribution is -2.20. The molecular weight excluding hydrogens is 256 g/mol. The minimum Gasteiger partial charge on any atom is -0.309 e. The van der Waals surface area contributed by atoms with Crippen LogP contribution in [0, 0.1) is 5.92 Å². The summed E-state index contributed by atoms with van der Waals surface area (Å²) in [6, 6.07) is 3.47. The lowest BCUT2D eigenvalue weighted by Gasteiger charge is -2.20. The van der Waals surface area contributed by atoms with E-state index in [0.29, 0.717) is 23.2 Å². The molecule has 0 aromatic carbocycles. The summed E-state index contributed by atoms with van der Waals surface area (Å²) in [4.78, 5) is 15.9. The van der Waals surface area contributed by atoms with E-state index in [1.54, 1.807) is 18.3 Å². The molecule has 1 aromatic heterocycles. The van der Waals surface area contributed by atoms with Gasteiger partial charge in [-0.25, -0.2) is 4.98 Å². The van der Waals surface area contributed by atoms with E-state index in [-0.39, 0.29) is 5.91 Å². The van der Waals surface area contributed by atoms with Gasteiger partial charge in [0.25, 0.3) is 0 Å². The predicted molar refractivity (Wildman–Crippen MR) is 72.5 cm³/mol. The van der Waals surface area contributed by atoms with Gasteiger partial charge in [-0.2, -0.15) is 11.8 Å². The van der Waals surface area contributed by atoms with Crippen LogP contribution >= 0.6 is 23.4 Å². The minimum absolute atomic E-state index is 0.0162. The number of hydrogen-bond donors (Lipinski definition) is 1. The lowest BCUT2D eigenvalue weighted by molar-refractivity contribution is -0.117. The Labute approximate surface area is 110 Å². The summed E-state index contributed by atoms with van der Waals surface area (Å²) < 4.78 is 0. The number of hydrogen-bond acceptors (Lipinski definition) is 3. The lowest BCUT2D eigenvalue weighted by atomic mass is 9.98. The van der Waals surface area contributed by atoms with Crippen molar-refractivity contribution in [1.82, 2.24) is 4.98 Å². The fourth-order valence-corrected chi connectivity index (χ4v) is 3.25. The summed E-state index contributed by atoms with van der Waals surface area (Å²) >= 11 is 7.90. The second-order valence-corrected chi connectivity index (χ2v) is 5.77. The minimum atomic E-state index is 0.0162. The Morgan fingerprint density at radius 1 is 1.53 bits per heavy atom. The quantitative estimate of drug-likeness (QED) is 0.917.